The van der Waals surface area contributed by atoms with E-state index >= 15 is 0 Å². The number of anilines is 2. The summed E-state index contributed by atoms with van der Waals surface area (Å²) < 4.78 is 1.07. The zero-order valence-corrected chi connectivity index (χ0v) is 19.8. The molecule has 1 aliphatic heterocycles. The zero-order valence-electron chi connectivity index (χ0n) is 16.6. The zero-order chi connectivity index (χ0) is 21.3. The summed E-state index contributed by atoms with van der Waals surface area (Å²) in [5, 5.41) is 7.08. The third-order valence-electron chi connectivity index (χ3n) is 5.07. The van der Waals surface area contributed by atoms with Crippen LogP contribution in [-0.2, 0) is 4.79 Å². The third kappa shape index (κ3) is 4.12. The Hall–Kier alpha value is -2.29. The van der Waals surface area contributed by atoms with Crippen molar-refractivity contribution in [3.05, 3.63) is 74.6 Å². The quantitative estimate of drug-likeness (QED) is 0.437. The summed E-state index contributed by atoms with van der Waals surface area (Å²) in [6, 6.07) is 16.0. The summed E-state index contributed by atoms with van der Waals surface area (Å²) in [5.74, 6) is 0.000684. The number of pyridine rings is 1. The largest absolute Gasteiger partial charge is 0.351 e. The molecule has 2 N–H and O–H groups in total. The van der Waals surface area contributed by atoms with Crippen molar-refractivity contribution in [1.82, 2.24) is 10.3 Å². The molecule has 0 bridgehead atoms. The van der Waals surface area contributed by atoms with E-state index < -0.39 is 0 Å². The van der Waals surface area contributed by atoms with Gasteiger partial charge in [0.1, 0.15) is 0 Å². The SMILES string of the molecule is CCC(=O)Nc1ccc(N2C(=S)N[C@@H](c3ccccn3)[C@@H]2c2ccc(Br)s2)cc1C. The second kappa shape index (κ2) is 8.83. The number of thiophene rings is 1. The molecule has 0 radical (unpaired) electrons. The monoisotopic (exact) mass is 500 g/mol. The number of rotatable bonds is 5. The first-order chi connectivity index (χ1) is 14.5. The van der Waals surface area contributed by atoms with Gasteiger partial charge in [0.05, 0.1) is 21.6 Å². The average Bonchev–Trinajstić information content (AvgIpc) is 3.32. The molecule has 0 spiro atoms. The van der Waals surface area contributed by atoms with E-state index in [4.69, 9.17) is 12.2 Å². The number of aryl methyl sites for hydroxylation is 1. The Morgan fingerprint density at radius 1 is 1.30 bits per heavy atom. The average molecular weight is 501 g/mol. The molecule has 1 amide bonds. The highest BCUT2D eigenvalue weighted by molar-refractivity contribution is 9.11. The second-order valence-electron chi connectivity index (χ2n) is 7.04. The van der Waals surface area contributed by atoms with Crippen LogP contribution in [0.2, 0.25) is 0 Å². The van der Waals surface area contributed by atoms with E-state index in [1.165, 1.54) is 4.88 Å². The van der Waals surface area contributed by atoms with Gasteiger partial charge in [0, 0.05) is 28.9 Å². The summed E-state index contributed by atoms with van der Waals surface area (Å²) in [6.45, 7) is 3.84. The predicted octanol–water partition coefficient (Wildman–Crippen LogP) is 5.74. The number of hydrogen-bond donors (Lipinski definition) is 2. The molecular formula is C22H21BrN4OS2. The minimum Gasteiger partial charge on any atom is -0.351 e. The molecule has 2 aromatic heterocycles. The van der Waals surface area contributed by atoms with Crippen LogP contribution in [0.5, 0.6) is 0 Å². The van der Waals surface area contributed by atoms with Crippen molar-refractivity contribution in [1.29, 1.82) is 0 Å². The van der Waals surface area contributed by atoms with E-state index in [-0.39, 0.29) is 18.0 Å². The van der Waals surface area contributed by atoms with Gasteiger partial charge < -0.3 is 15.5 Å². The highest BCUT2D eigenvalue weighted by atomic mass is 79.9. The fourth-order valence-corrected chi connectivity index (χ4v) is 5.48. The Morgan fingerprint density at radius 3 is 2.77 bits per heavy atom. The summed E-state index contributed by atoms with van der Waals surface area (Å²) >= 11 is 11.0. The first kappa shape index (κ1) is 21.0. The predicted molar refractivity (Wildman–Crippen MR) is 130 cm³/mol. The standard InChI is InChI=1S/C22H21BrN4OS2/c1-3-19(28)25-15-8-7-14(12-13(15)2)27-21(17-9-10-18(23)30-17)20(26-22(27)29)16-6-4-5-11-24-16/h4-12,20-21H,3H2,1-2H3,(H,25,28)(H,26,29)/t20-,21-/m0/s1. The van der Waals surface area contributed by atoms with Gasteiger partial charge in [0.25, 0.3) is 0 Å². The van der Waals surface area contributed by atoms with Gasteiger partial charge in [-0.15, -0.1) is 11.3 Å². The number of nitrogens with zero attached hydrogens (tertiary/aromatic N) is 2. The minimum atomic E-state index is -0.0657. The molecule has 1 saturated heterocycles. The Bertz CT molecular complexity index is 1090. The van der Waals surface area contributed by atoms with Crippen molar-refractivity contribution in [2.45, 2.75) is 32.4 Å². The van der Waals surface area contributed by atoms with Crippen molar-refractivity contribution >= 4 is 61.9 Å². The fourth-order valence-electron chi connectivity index (χ4n) is 3.59. The van der Waals surface area contributed by atoms with Crippen LogP contribution in [0, 0.1) is 6.92 Å². The molecule has 3 aromatic rings. The number of thiocarbonyl (C=S) groups is 1. The molecule has 1 aromatic carbocycles. The molecule has 0 unspecified atom stereocenters. The highest BCUT2D eigenvalue weighted by Crippen LogP contribution is 2.44. The lowest BCUT2D eigenvalue weighted by Gasteiger charge is -2.27. The number of aromatic nitrogens is 1. The van der Waals surface area contributed by atoms with Gasteiger partial charge in [0.2, 0.25) is 5.91 Å². The van der Waals surface area contributed by atoms with Crippen LogP contribution in [0.4, 0.5) is 11.4 Å². The number of hydrogen-bond acceptors (Lipinski definition) is 4. The molecule has 1 fully saturated rings. The van der Waals surface area contributed by atoms with Crippen molar-refractivity contribution in [2.24, 2.45) is 0 Å². The first-order valence-electron chi connectivity index (χ1n) is 9.64. The lowest BCUT2D eigenvalue weighted by atomic mass is 10.0. The van der Waals surface area contributed by atoms with Crippen molar-refractivity contribution in [3.63, 3.8) is 0 Å². The lowest BCUT2D eigenvalue weighted by Crippen LogP contribution is -2.29. The summed E-state index contributed by atoms with van der Waals surface area (Å²) in [7, 11) is 0. The molecule has 3 heterocycles. The van der Waals surface area contributed by atoms with Crippen LogP contribution < -0.4 is 15.5 Å². The number of carbonyl (C=O) groups is 1. The Morgan fingerprint density at radius 2 is 2.13 bits per heavy atom. The summed E-state index contributed by atoms with van der Waals surface area (Å²) in [5.41, 5.74) is 3.73. The van der Waals surface area contributed by atoms with Crippen molar-refractivity contribution < 1.29 is 4.79 Å². The van der Waals surface area contributed by atoms with E-state index in [0.717, 1.165) is 26.4 Å². The minimum absolute atomic E-state index is 0.000684. The van der Waals surface area contributed by atoms with Gasteiger partial charge in [-0.2, -0.15) is 0 Å². The van der Waals surface area contributed by atoms with Crippen LogP contribution in [0.15, 0.2) is 58.5 Å². The Kier molecular flexibility index (Phi) is 6.17. The first-order valence-corrected chi connectivity index (χ1v) is 11.7. The maximum atomic E-state index is 11.8. The third-order valence-corrected chi connectivity index (χ3v) is 7.08. The number of benzene rings is 1. The number of carbonyl (C=O) groups excluding carboxylic acids is 1. The number of halogens is 1. The number of nitrogens with one attached hydrogen (secondary N) is 2. The Labute approximate surface area is 193 Å². The van der Waals surface area contributed by atoms with Gasteiger partial charge in [-0.25, -0.2) is 0 Å². The molecule has 30 heavy (non-hydrogen) atoms. The van der Waals surface area contributed by atoms with E-state index in [2.05, 4.69) is 54.6 Å². The van der Waals surface area contributed by atoms with Crippen LogP contribution in [-0.4, -0.2) is 16.0 Å². The van der Waals surface area contributed by atoms with E-state index in [0.29, 0.717) is 11.5 Å². The smallest absolute Gasteiger partial charge is 0.224 e. The lowest BCUT2D eigenvalue weighted by molar-refractivity contribution is -0.115. The van der Waals surface area contributed by atoms with Gasteiger partial charge in [0.15, 0.2) is 5.11 Å². The molecule has 154 valence electrons. The molecule has 1 aliphatic rings. The Balaban J connectivity index is 1.74. The van der Waals surface area contributed by atoms with E-state index in [9.17, 15) is 4.79 Å². The molecule has 5 nitrogen and oxygen atoms in total. The maximum Gasteiger partial charge on any atom is 0.224 e. The normalized spacial score (nSPS) is 18.4. The van der Waals surface area contributed by atoms with Gasteiger partial charge in [-0.3, -0.25) is 9.78 Å². The van der Waals surface area contributed by atoms with Crippen LogP contribution >= 0.6 is 39.5 Å². The molecule has 0 aliphatic carbocycles. The summed E-state index contributed by atoms with van der Waals surface area (Å²) in [6.07, 6.45) is 2.25. The molecule has 0 saturated carbocycles. The molecular weight excluding hydrogens is 480 g/mol. The molecule has 4 rings (SSSR count). The van der Waals surface area contributed by atoms with Crippen LogP contribution in [0.3, 0.4) is 0 Å². The summed E-state index contributed by atoms with van der Waals surface area (Å²) in [4.78, 5) is 19.7. The van der Waals surface area contributed by atoms with E-state index in [1.807, 2.05) is 44.2 Å². The van der Waals surface area contributed by atoms with Crippen molar-refractivity contribution in [2.75, 3.05) is 10.2 Å². The van der Waals surface area contributed by atoms with Gasteiger partial charge in [-0.05, 0) is 83.1 Å². The fraction of sp³-hybridized carbons (Fsp3) is 0.227. The van der Waals surface area contributed by atoms with Crippen molar-refractivity contribution in [3.8, 4) is 0 Å². The van der Waals surface area contributed by atoms with Crippen LogP contribution in [0.1, 0.15) is 41.6 Å². The molecule has 8 heteroatoms. The molecule has 2 atom stereocenters. The second-order valence-corrected chi connectivity index (χ2v) is 9.92. The highest BCUT2D eigenvalue weighted by Gasteiger charge is 2.41. The van der Waals surface area contributed by atoms with E-state index in [1.54, 1.807) is 17.5 Å². The van der Waals surface area contributed by atoms with Gasteiger partial charge in [-0.1, -0.05) is 13.0 Å². The number of amides is 1. The topological polar surface area (TPSA) is 57.3 Å². The van der Waals surface area contributed by atoms with Crippen LogP contribution in [0.25, 0.3) is 0 Å². The maximum absolute atomic E-state index is 11.8. The van der Waals surface area contributed by atoms with Gasteiger partial charge >= 0.3 is 0 Å².